The van der Waals surface area contributed by atoms with E-state index in [1.54, 1.807) is 0 Å². The first-order valence-electron chi connectivity index (χ1n) is 5.74. The lowest BCUT2D eigenvalue weighted by Crippen LogP contribution is -2.01. The van der Waals surface area contributed by atoms with E-state index in [1.165, 1.54) is 3.57 Å². The number of para-hydroxylation sites is 1. The molecule has 94 valence electrons. The van der Waals surface area contributed by atoms with Crippen molar-refractivity contribution in [2.45, 2.75) is 6.92 Å². The van der Waals surface area contributed by atoms with Crippen molar-refractivity contribution >= 4 is 39.7 Å². The zero-order valence-electron chi connectivity index (χ0n) is 10.1. The SMILES string of the molecule is CCOc1cccc(Nc2cccc(I)c2)c1N. The fraction of sp³-hybridized carbons (Fsp3) is 0.143. The zero-order valence-corrected chi connectivity index (χ0v) is 12.3. The average molecular weight is 354 g/mol. The molecule has 3 N–H and O–H groups in total. The van der Waals surface area contributed by atoms with Gasteiger partial charge in [-0.15, -0.1) is 0 Å². The summed E-state index contributed by atoms with van der Waals surface area (Å²) in [5.74, 6) is 0.716. The van der Waals surface area contributed by atoms with Gasteiger partial charge in [0.05, 0.1) is 18.0 Å². The molecule has 18 heavy (non-hydrogen) atoms. The van der Waals surface area contributed by atoms with Gasteiger partial charge in [0.25, 0.3) is 0 Å². The van der Waals surface area contributed by atoms with Crippen LogP contribution in [0.3, 0.4) is 0 Å². The summed E-state index contributed by atoms with van der Waals surface area (Å²) >= 11 is 2.28. The van der Waals surface area contributed by atoms with Crippen LogP contribution in [-0.4, -0.2) is 6.61 Å². The Bertz CT molecular complexity index is 543. The second kappa shape index (κ2) is 5.95. The number of benzene rings is 2. The summed E-state index contributed by atoms with van der Waals surface area (Å²) < 4.78 is 6.65. The highest BCUT2D eigenvalue weighted by atomic mass is 127. The minimum absolute atomic E-state index is 0.608. The highest BCUT2D eigenvalue weighted by Gasteiger charge is 2.05. The van der Waals surface area contributed by atoms with E-state index >= 15 is 0 Å². The maximum Gasteiger partial charge on any atom is 0.144 e. The summed E-state index contributed by atoms with van der Waals surface area (Å²) in [4.78, 5) is 0. The van der Waals surface area contributed by atoms with Gasteiger partial charge in [0.1, 0.15) is 5.75 Å². The Labute approximate surface area is 120 Å². The molecule has 0 spiro atoms. The predicted octanol–water partition coefficient (Wildman–Crippen LogP) is 4.02. The second-order valence-electron chi connectivity index (χ2n) is 3.79. The summed E-state index contributed by atoms with van der Waals surface area (Å²) in [6.07, 6.45) is 0. The number of hydrogen-bond donors (Lipinski definition) is 2. The van der Waals surface area contributed by atoms with Crippen molar-refractivity contribution in [3.05, 3.63) is 46.0 Å². The highest BCUT2D eigenvalue weighted by Crippen LogP contribution is 2.31. The van der Waals surface area contributed by atoms with Gasteiger partial charge < -0.3 is 15.8 Å². The molecular formula is C14H15IN2O. The van der Waals surface area contributed by atoms with Gasteiger partial charge in [0.2, 0.25) is 0 Å². The van der Waals surface area contributed by atoms with Crippen molar-refractivity contribution in [1.82, 2.24) is 0 Å². The van der Waals surface area contributed by atoms with E-state index in [4.69, 9.17) is 10.5 Å². The van der Waals surface area contributed by atoms with Gasteiger partial charge in [-0.2, -0.15) is 0 Å². The lowest BCUT2D eigenvalue weighted by atomic mass is 10.2. The van der Waals surface area contributed by atoms with Crippen LogP contribution in [0.1, 0.15) is 6.92 Å². The molecule has 0 heterocycles. The molecule has 0 aliphatic carbocycles. The number of nitrogens with two attached hydrogens (primary N) is 1. The topological polar surface area (TPSA) is 47.3 Å². The lowest BCUT2D eigenvalue weighted by Gasteiger charge is -2.13. The molecule has 0 atom stereocenters. The van der Waals surface area contributed by atoms with Gasteiger partial charge in [-0.1, -0.05) is 12.1 Å². The molecule has 0 radical (unpaired) electrons. The van der Waals surface area contributed by atoms with Crippen LogP contribution in [0, 0.1) is 3.57 Å². The summed E-state index contributed by atoms with van der Waals surface area (Å²) in [5.41, 5.74) is 8.58. The van der Waals surface area contributed by atoms with E-state index in [1.807, 2.05) is 43.3 Å². The number of halogens is 1. The van der Waals surface area contributed by atoms with Crippen molar-refractivity contribution < 1.29 is 4.74 Å². The molecule has 0 amide bonds. The van der Waals surface area contributed by atoms with Crippen LogP contribution in [0.5, 0.6) is 5.75 Å². The number of ether oxygens (including phenoxy) is 1. The number of nitrogens with one attached hydrogen (secondary N) is 1. The van der Waals surface area contributed by atoms with E-state index < -0.39 is 0 Å². The normalized spacial score (nSPS) is 10.1. The Morgan fingerprint density at radius 1 is 1.22 bits per heavy atom. The fourth-order valence-corrected chi connectivity index (χ4v) is 2.20. The predicted molar refractivity (Wildman–Crippen MR) is 84.5 cm³/mol. The molecule has 0 aliphatic rings. The largest absolute Gasteiger partial charge is 0.492 e. The van der Waals surface area contributed by atoms with Gasteiger partial charge in [-0.25, -0.2) is 0 Å². The highest BCUT2D eigenvalue weighted by molar-refractivity contribution is 14.1. The van der Waals surface area contributed by atoms with Crippen molar-refractivity contribution in [1.29, 1.82) is 0 Å². The lowest BCUT2D eigenvalue weighted by molar-refractivity contribution is 0.342. The summed E-state index contributed by atoms with van der Waals surface area (Å²) in [6.45, 7) is 2.55. The first kappa shape index (κ1) is 13.0. The molecular weight excluding hydrogens is 339 g/mol. The molecule has 0 unspecified atom stereocenters. The average Bonchev–Trinajstić information content (AvgIpc) is 2.35. The smallest absolute Gasteiger partial charge is 0.144 e. The van der Waals surface area contributed by atoms with Crippen molar-refractivity contribution in [2.75, 3.05) is 17.7 Å². The van der Waals surface area contributed by atoms with Gasteiger partial charge in [0, 0.05) is 9.26 Å². The third-order valence-corrected chi connectivity index (χ3v) is 3.14. The number of hydrogen-bond acceptors (Lipinski definition) is 3. The van der Waals surface area contributed by atoms with E-state index in [0.717, 1.165) is 11.4 Å². The van der Waals surface area contributed by atoms with Crippen LogP contribution < -0.4 is 15.8 Å². The molecule has 0 bridgehead atoms. The molecule has 0 saturated carbocycles. The maximum atomic E-state index is 6.07. The van der Waals surface area contributed by atoms with E-state index in [9.17, 15) is 0 Å². The molecule has 3 nitrogen and oxygen atoms in total. The summed E-state index contributed by atoms with van der Waals surface area (Å²) in [7, 11) is 0. The fourth-order valence-electron chi connectivity index (χ4n) is 1.66. The second-order valence-corrected chi connectivity index (χ2v) is 5.03. The Balaban J connectivity index is 2.26. The maximum absolute atomic E-state index is 6.07. The van der Waals surface area contributed by atoms with Crippen LogP contribution in [0.25, 0.3) is 0 Å². The third kappa shape index (κ3) is 3.07. The quantitative estimate of drug-likeness (QED) is 0.644. The van der Waals surface area contributed by atoms with Crippen LogP contribution in [0.2, 0.25) is 0 Å². The minimum Gasteiger partial charge on any atom is -0.492 e. The van der Waals surface area contributed by atoms with Gasteiger partial charge in [-0.05, 0) is 59.8 Å². The Morgan fingerprint density at radius 3 is 2.72 bits per heavy atom. The van der Waals surface area contributed by atoms with Gasteiger partial charge in [0.15, 0.2) is 0 Å². The molecule has 2 rings (SSSR count). The Hall–Kier alpha value is -1.43. The van der Waals surface area contributed by atoms with Crippen molar-refractivity contribution in [2.24, 2.45) is 0 Å². The first-order chi connectivity index (χ1) is 8.70. The summed E-state index contributed by atoms with van der Waals surface area (Å²) in [6, 6.07) is 13.9. The standard InChI is InChI=1S/C14H15IN2O/c1-2-18-13-8-4-7-12(14(13)16)17-11-6-3-5-10(15)9-11/h3-9,17H,2,16H2,1H3. The minimum atomic E-state index is 0.608. The number of rotatable bonds is 4. The van der Waals surface area contributed by atoms with E-state index in [0.29, 0.717) is 18.0 Å². The van der Waals surface area contributed by atoms with E-state index in [2.05, 4.69) is 34.0 Å². The molecule has 2 aromatic rings. The molecule has 0 saturated heterocycles. The van der Waals surface area contributed by atoms with Gasteiger partial charge >= 0.3 is 0 Å². The van der Waals surface area contributed by atoms with E-state index in [-0.39, 0.29) is 0 Å². The molecule has 4 heteroatoms. The van der Waals surface area contributed by atoms with Crippen LogP contribution in [0.4, 0.5) is 17.1 Å². The zero-order chi connectivity index (χ0) is 13.0. The molecule has 0 fully saturated rings. The molecule has 0 aliphatic heterocycles. The first-order valence-corrected chi connectivity index (χ1v) is 6.82. The van der Waals surface area contributed by atoms with Crippen LogP contribution in [0.15, 0.2) is 42.5 Å². The number of anilines is 3. The van der Waals surface area contributed by atoms with Gasteiger partial charge in [-0.3, -0.25) is 0 Å². The van der Waals surface area contributed by atoms with Crippen LogP contribution >= 0.6 is 22.6 Å². The Kier molecular flexibility index (Phi) is 4.30. The summed E-state index contributed by atoms with van der Waals surface area (Å²) in [5, 5.41) is 3.30. The van der Waals surface area contributed by atoms with Crippen molar-refractivity contribution in [3.63, 3.8) is 0 Å². The molecule has 0 aromatic heterocycles. The number of nitrogen functional groups attached to an aromatic ring is 1. The molecule has 2 aromatic carbocycles. The van der Waals surface area contributed by atoms with Crippen LogP contribution in [-0.2, 0) is 0 Å². The van der Waals surface area contributed by atoms with Crippen molar-refractivity contribution in [3.8, 4) is 5.75 Å². The monoisotopic (exact) mass is 354 g/mol. The third-order valence-electron chi connectivity index (χ3n) is 2.47. The Morgan fingerprint density at radius 2 is 2.00 bits per heavy atom.